The van der Waals surface area contributed by atoms with Gasteiger partial charge in [0.15, 0.2) is 11.5 Å². The number of benzene rings is 2. The highest BCUT2D eigenvalue weighted by Crippen LogP contribution is 2.36. The summed E-state index contributed by atoms with van der Waals surface area (Å²) in [6.07, 6.45) is -3.12. The van der Waals surface area contributed by atoms with Gasteiger partial charge < -0.3 is 14.8 Å². The van der Waals surface area contributed by atoms with Crippen molar-refractivity contribution in [3.8, 4) is 11.5 Å². The molecule has 0 aromatic heterocycles. The minimum Gasteiger partial charge on any atom is -0.493 e. The monoisotopic (exact) mass is 399 g/mol. The van der Waals surface area contributed by atoms with E-state index in [0.29, 0.717) is 17.1 Å². The van der Waals surface area contributed by atoms with Gasteiger partial charge in [0.1, 0.15) is 0 Å². The molecule has 144 valence electrons. The van der Waals surface area contributed by atoms with Gasteiger partial charge in [-0.3, -0.25) is 4.79 Å². The zero-order valence-electron chi connectivity index (χ0n) is 14.8. The van der Waals surface area contributed by atoms with Crippen molar-refractivity contribution in [2.75, 3.05) is 19.5 Å². The van der Waals surface area contributed by atoms with E-state index in [2.05, 4.69) is 5.32 Å². The van der Waals surface area contributed by atoms with E-state index < -0.39 is 17.6 Å². The number of carbonyl (C=O) groups is 1. The number of rotatable bonds is 5. The SMILES string of the molecule is COc1ccc(/C=C(\C)C(=O)Nc2ccc(Cl)cc2C(F)(F)F)cc1OC. The molecule has 0 fully saturated rings. The Bertz CT molecular complexity index is 879. The standard InChI is InChI=1S/C19H17ClF3NO3/c1-11(8-12-4-7-16(26-2)17(9-12)27-3)18(25)24-15-6-5-13(20)10-14(15)19(21,22)23/h4-10H,1-3H3,(H,24,25)/b11-8+. The van der Waals surface area contributed by atoms with Crippen LogP contribution in [0.2, 0.25) is 5.02 Å². The van der Waals surface area contributed by atoms with Crippen LogP contribution in [0.25, 0.3) is 6.08 Å². The minimum atomic E-state index is -4.64. The van der Waals surface area contributed by atoms with Crippen molar-refractivity contribution >= 4 is 29.3 Å². The predicted molar refractivity (Wildman–Crippen MR) is 98.3 cm³/mol. The maximum atomic E-state index is 13.1. The lowest BCUT2D eigenvalue weighted by Crippen LogP contribution is -2.17. The molecule has 0 saturated carbocycles. The molecule has 2 aromatic carbocycles. The highest BCUT2D eigenvalue weighted by Gasteiger charge is 2.34. The molecule has 1 N–H and O–H groups in total. The van der Waals surface area contributed by atoms with Gasteiger partial charge in [-0.05, 0) is 48.9 Å². The largest absolute Gasteiger partial charge is 0.493 e. The summed E-state index contributed by atoms with van der Waals surface area (Å²) in [6.45, 7) is 1.50. The first-order valence-electron chi connectivity index (χ1n) is 7.74. The van der Waals surface area contributed by atoms with Crippen LogP contribution in [0.5, 0.6) is 11.5 Å². The number of halogens is 4. The number of hydrogen-bond donors (Lipinski definition) is 1. The quantitative estimate of drug-likeness (QED) is 0.683. The number of carbonyl (C=O) groups excluding carboxylic acids is 1. The van der Waals surface area contributed by atoms with Crippen LogP contribution in [0, 0.1) is 0 Å². The second kappa shape index (κ2) is 8.35. The van der Waals surface area contributed by atoms with Crippen LogP contribution in [-0.2, 0) is 11.0 Å². The summed E-state index contributed by atoms with van der Waals surface area (Å²) in [4.78, 5) is 12.3. The van der Waals surface area contributed by atoms with Crippen LogP contribution >= 0.6 is 11.6 Å². The second-order valence-electron chi connectivity index (χ2n) is 5.58. The van der Waals surface area contributed by atoms with E-state index in [1.165, 1.54) is 33.3 Å². The van der Waals surface area contributed by atoms with Gasteiger partial charge in [-0.2, -0.15) is 13.2 Å². The Hall–Kier alpha value is -2.67. The number of amides is 1. The van der Waals surface area contributed by atoms with Crippen molar-refractivity contribution in [1.82, 2.24) is 0 Å². The van der Waals surface area contributed by atoms with Gasteiger partial charge in [-0.1, -0.05) is 17.7 Å². The van der Waals surface area contributed by atoms with Crippen molar-refractivity contribution in [2.24, 2.45) is 0 Å². The summed E-state index contributed by atoms with van der Waals surface area (Å²) in [7, 11) is 2.97. The lowest BCUT2D eigenvalue weighted by molar-refractivity contribution is -0.137. The van der Waals surface area contributed by atoms with Crippen molar-refractivity contribution in [1.29, 1.82) is 0 Å². The van der Waals surface area contributed by atoms with Crippen LogP contribution in [0.1, 0.15) is 18.1 Å². The number of anilines is 1. The Morgan fingerprint density at radius 3 is 2.33 bits per heavy atom. The fourth-order valence-corrected chi connectivity index (χ4v) is 2.51. The van der Waals surface area contributed by atoms with E-state index in [1.54, 1.807) is 18.2 Å². The topological polar surface area (TPSA) is 47.6 Å². The molecule has 0 unspecified atom stereocenters. The molecule has 0 heterocycles. The van der Waals surface area contributed by atoms with Gasteiger partial charge in [0, 0.05) is 10.6 Å². The smallest absolute Gasteiger partial charge is 0.418 e. The molecule has 8 heteroatoms. The van der Waals surface area contributed by atoms with Gasteiger partial charge in [0.25, 0.3) is 5.91 Å². The summed E-state index contributed by atoms with van der Waals surface area (Å²) in [5.41, 5.74) is -0.531. The summed E-state index contributed by atoms with van der Waals surface area (Å²) < 4.78 is 49.7. The Morgan fingerprint density at radius 2 is 1.74 bits per heavy atom. The second-order valence-corrected chi connectivity index (χ2v) is 6.02. The third-order valence-corrected chi connectivity index (χ3v) is 3.92. The van der Waals surface area contributed by atoms with Gasteiger partial charge in [0.05, 0.1) is 25.5 Å². The molecule has 1 amide bonds. The molecule has 0 atom stereocenters. The molecule has 2 rings (SSSR count). The molecule has 0 radical (unpaired) electrons. The molecule has 4 nitrogen and oxygen atoms in total. The number of alkyl halides is 3. The van der Waals surface area contributed by atoms with Crippen molar-refractivity contribution in [2.45, 2.75) is 13.1 Å². The summed E-state index contributed by atoms with van der Waals surface area (Å²) in [5.74, 6) is 0.321. The number of hydrogen-bond acceptors (Lipinski definition) is 3. The van der Waals surface area contributed by atoms with Crippen LogP contribution in [0.4, 0.5) is 18.9 Å². The molecule has 0 bridgehead atoms. The molecule has 0 aliphatic carbocycles. The molecular weight excluding hydrogens is 383 g/mol. The molecule has 0 spiro atoms. The fraction of sp³-hybridized carbons (Fsp3) is 0.211. The summed E-state index contributed by atoms with van der Waals surface area (Å²) >= 11 is 5.64. The predicted octanol–water partition coefficient (Wildman–Crippen LogP) is 5.42. The third kappa shape index (κ3) is 5.17. The molecule has 0 saturated heterocycles. The van der Waals surface area contributed by atoms with Crippen LogP contribution in [0.3, 0.4) is 0 Å². The number of ether oxygens (including phenoxy) is 2. The van der Waals surface area contributed by atoms with Crippen LogP contribution < -0.4 is 14.8 Å². The van der Waals surface area contributed by atoms with Gasteiger partial charge >= 0.3 is 6.18 Å². The Kier molecular flexibility index (Phi) is 6.38. The highest BCUT2D eigenvalue weighted by atomic mass is 35.5. The number of methoxy groups -OCH3 is 2. The third-order valence-electron chi connectivity index (χ3n) is 3.68. The van der Waals surface area contributed by atoms with Gasteiger partial charge in [0.2, 0.25) is 0 Å². The van der Waals surface area contributed by atoms with E-state index in [0.717, 1.165) is 12.1 Å². The first kappa shape index (κ1) is 20.6. The summed E-state index contributed by atoms with van der Waals surface area (Å²) in [5, 5.41) is 2.20. The maximum absolute atomic E-state index is 13.1. The molecular formula is C19H17ClF3NO3. The zero-order chi connectivity index (χ0) is 20.2. The fourth-order valence-electron chi connectivity index (χ4n) is 2.34. The maximum Gasteiger partial charge on any atom is 0.418 e. The van der Waals surface area contributed by atoms with Crippen molar-refractivity contribution in [3.05, 3.63) is 58.1 Å². The van der Waals surface area contributed by atoms with E-state index >= 15 is 0 Å². The van der Waals surface area contributed by atoms with E-state index in [9.17, 15) is 18.0 Å². The van der Waals surface area contributed by atoms with Crippen molar-refractivity contribution < 1.29 is 27.4 Å². The minimum absolute atomic E-state index is 0.0714. The average Bonchev–Trinajstić information content (AvgIpc) is 2.62. The lowest BCUT2D eigenvalue weighted by Gasteiger charge is -2.14. The number of nitrogens with one attached hydrogen (secondary N) is 1. The van der Waals surface area contributed by atoms with E-state index in [4.69, 9.17) is 21.1 Å². The highest BCUT2D eigenvalue weighted by molar-refractivity contribution is 6.30. The van der Waals surface area contributed by atoms with E-state index in [-0.39, 0.29) is 16.3 Å². The van der Waals surface area contributed by atoms with Gasteiger partial charge in [-0.25, -0.2) is 0 Å². The average molecular weight is 400 g/mol. The zero-order valence-corrected chi connectivity index (χ0v) is 15.5. The molecule has 2 aromatic rings. The molecule has 27 heavy (non-hydrogen) atoms. The molecule has 0 aliphatic rings. The van der Waals surface area contributed by atoms with Crippen molar-refractivity contribution in [3.63, 3.8) is 0 Å². The van der Waals surface area contributed by atoms with Crippen LogP contribution in [-0.4, -0.2) is 20.1 Å². The Morgan fingerprint density at radius 1 is 1.07 bits per heavy atom. The van der Waals surface area contributed by atoms with E-state index in [1.807, 2.05) is 0 Å². The lowest BCUT2D eigenvalue weighted by atomic mass is 10.1. The van der Waals surface area contributed by atoms with Crippen LogP contribution in [0.15, 0.2) is 42.0 Å². The first-order valence-corrected chi connectivity index (χ1v) is 8.12. The Balaban J connectivity index is 2.28. The first-order chi connectivity index (χ1) is 12.7. The normalized spacial score (nSPS) is 11.9. The molecule has 0 aliphatic heterocycles. The Labute approximate surface area is 159 Å². The summed E-state index contributed by atoms with van der Waals surface area (Å²) in [6, 6.07) is 8.18. The van der Waals surface area contributed by atoms with Gasteiger partial charge in [-0.15, -0.1) is 0 Å².